The molecule has 1 heterocycles. The minimum Gasteiger partial charge on any atom is -0.493 e. The second kappa shape index (κ2) is 7.83. The normalized spacial score (nSPS) is 16.5. The summed E-state index contributed by atoms with van der Waals surface area (Å²) in [5.41, 5.74) is 1.26. The van der Waals surface area contributed by atoms with Crippen molar-refractivity contribution in [2.24, 2.45) is 5.92 Å². The summed E-state index contributed by atoms with van der Waals surface area (Å²) in [5, 5.41) is 0. The number of methoxy groups -OCH3 is 1. The number of nitrogens with zero attached hydrogens (tertiary/aromatic N) is 1. The summed E-state index contributed by atoms with van der Waals surface area (Å²) in [6.45, 7) is 1.88. The van der Waals surface area contributed by atoms with E-state index >= 15 is 0 Å². The van der Waals surface area contributed by atoms with Gasteiger partial charge in [0.1, 0.15) is 6.29 Å². The van der Waals surface area contributed by atoms with Crippen molar-refractivity contribution in [3.63, 3.8) is 0 Å². The molecule has 1 amide bonds. The molecule has 1 fully saturated rings. The number of ether oxygens (including phenoxy) is 2. The summed E-state index contributed by atoms with van der Waals surface area (Å²) in [7, 11) is 1.57. The molecular formula is C20H21NO4. The highest BCUT2D eigenvalue weighted by Crippen LogP contribution is 2.29. The Morgan fingerprint density at radius 2 is 2.00 bits per heavy atom. The first-order valence-electron chi connectivity index (χ1n) is 8.31. The van der Waals surface area contributed by atoms with Gasteiger partial charge in [0, 0.05) is 30.1 Å². The fourth-order valence-electron chi connectivity index (χ4n) is 3.00. The lowest BCUT2D eigenvalue weighted by molar-refractivity contribution is 0.0782. The molecule has 130 valence electrons. The van der Waals surface area contributed by atoms with Crippen LogP contribution in [0.4, 0.5) is 0 Å². The van der Waals surface area contributed by atoms with Gasteiger partial charge in [-0.3, -0.25) is 9.59 Å². The molecule has 0 aliphatic carbocycles. The molecule has 1 aliphatic rings. The number of hydrogen-bond acceptors (Lipinski definition) is 4. The summed E-state index contributed by atoms with van der Waals surface area (Å²) in [5.74, 6) is 1.47. The Bertz CT molecular complexity index is 745. The lowest BCUT2D eigenvalue weighted by Gasteiger charge is -2.17. The molecule has 1 saturated heterocycles. The summed E-state index contributed by atoms with van der Waals surface area (Å²) in [6.07, 6.45) is 1.68. The van der Waals surface area contributed by atoms with Crippen molar-refractivity contribution >= 4 is 12.2 Å². The summed E-state index contributed by atoms with van der Waals surface area (Å²) < 4.78 is 11.1. The Balaban J connectivity index is 1.59. The Labute approximate surface area is 147 Å². The van der Waals surface area contributed by atoms with E-state index in [1.165, 1.54) is 0 Å². The van der Waals surface area contributed by atoms with Gasteiger partial charge in [-0.15, -0.1) is 0 Å². The molecule has 2 aromatic carbocycles. The standard InChI is InChI=1S/C20H21NO4/c1-24-18-8-7-15(13-22)11-19(18)25-14-16-9-10-21(12-16)20(23)17-5-3-2-4-6-17/h2-8,11,13,16H,9-10,12,14H2,1H3/t16-/m0/s1. The van der Waals surface area contributed by atoms with Crippen LogP contribution in [0.25, 0.3) is 0 Å². The molecule has 0 N–H and O–H groups in total. The van der Waals surface area contributed by atoms with Crippen LogP contribution in [0.3, 0.4) is 0 Å². The summed E-state index contributed by atoms with van der Waals surface area (Å²) in [4.78, 5) is 25.3. The number of aldehydes is 1. The zero-order chi connectivity index (χ0) is 17.6. The quantitative estimate of drug-likeness (QED) is 0.759. The number of benzene rings is 2. The predicted octanol–water partition coefficient (Wildman–Crippen LogP) is 3.05. The minimum absolute atomic E-state index is 0.0589. The first-order valence-corrected chi connectivity index (χ1v) is 8.31. The van der Waals surface area contributed by atoms with Crippen LogP contribution in [0.5, 0.6) is 11.5 Å². The van der Waals surface area contributed by atoms with Gasteiger partial charge in [-0.1, -0.05) is 18.2 Å². The molecule has 25 heavy (non-hydrogen) atoms. The fraction of sp³-hybridized carbons (Fsp3) is 0.300. The van der Waals surface area contributed by atoms with Crippen LogP contribution >= 0.6 is 0 Å². The zero-order valence-electron chi connectivity index (χ0n) is 14.2. The highest BCUT2D eigenvalue weighted by Gasteiger charge is 2.27. The van der Waals surface area contributed by atoms with E-state index < -0.39 is 0 Å². The van der Waals surface area contributed by atoms with Gasteiger partial charge < -0.3 is 14.4 Å². The minimum atomic E-state index is 0.0589. The molecule has 1 atom stereocenters. The average Bonchev–Trinajstić information content (AvgIpc) is 3.15. The number of amides is 1. The Morgan fingerprint density at radius 1 is 1.20 bits per heavy atom. The van der Waals surface area contributed by atoms with E-state index in [1.807, 2.05) is 35.2 Å². The molecule has 0 radical (unpaired) electrons. The van der Waals surface area contributed by atoms with Gasteiger partial charge in [0.05, 0.1) is 13.7 Å². The first kappa shape index (κ1) is 17.0. The first-order chi connectivity index (χ1) is 12.2. The topological polar surface area (TPSA) is 55.8 Å². The van der Waals surface area contributed by atoms with Crippen molar-refractivity contribution in [1.29, 1.82) is 0 Å². The van der Waals surface area contributed by atoms with Gasteiger partial charge in [-0.05, 0) is 36.8 Å². The highest BCUT2D eigenvalue weighted by atomic mass is 16.5. The summed E-state index contributed by atoms with van der Waals surface area (Å²) in [6, 6.07) is 14.4. The van der Waals surface area contributed by atoms with E-state index in [4.69, 9.17) is 9.47 Å². The van der Waals surface area contributed by atoms with Crippen molar-refractivity contribution in [2.75, 3.05) is 26.8 Å². The van der Waals surface area contributed by atoms with Gasteiger partial charge in [0.2, 0.25) is 0 Å². The lowest BCUT2D eigenvalue weighted by atomic mass is 10.1. The molecule has 5 nitrogen and oxygen atoms in total. The molecule has 2 aromatic rings. The van der Waals surface area contributed by atoms with E-state index in [9.17, 15) is 9.59 Å². The third-order valence-corrected chi connectivity index (χ3v) is 4.39. The fourth-order valence-corrected chi connectivity index (χ4v) is 3.00. The molecule has 0 spiro atoms. The maximum atomic E-state index is 12.5. The Morgan fingerprint density at radius 3 is 2.72 bits per heavy atom. The molecule has 5 heteroatoms. The van der Waals surface area contributed by atoms with E-state index in [-0.39, 0.29) is 11.8 Å². The van der Waals surface area contributed by atoms with Gasteiger partial charge in [0.15, 0.2) is 11.5 Å². The number of rotatable bonds is 6. The summed E-state index contributed by atoms with van der Waals surface area (Å²) >= 11 is 0. The molecule has 0 aromatic heterocycles. The Kier molecular flexibility index (Phi) is 5.33. The SMILES string of the molecule is COc1ccc(C=O)cc1OC[C@H]1CCN(C(=O)c2ccccc2)C1. The van der Waals surface area contributed by atoms with Gasteiger partial charge >= 0.3 is 0 Å². The maximum Gasteiger partial charge on any atom is 0.253 e. The van der Waals surface area contributed by atoms with Gasteiger partial charge in [-0.25, -0.2) is 0 Å². The van der Waals surface area contributed by atoms with Crippen LogP contribution < -0.4 is 9.47 Å². The largest absolute Gasteiger partial charge is 0.493 e. The number of carbonyl (C=O) groups excluding carboxylic acids is 2. The van der Waals surface area contributed by atoms with Gasteiger partial charge in [-0.2, -0.15) is 0 Å². The van der Waals surface area contributed by atoms with Gasteiger partial charge in [0.25, 0.3) is 5.91 Å². The van der Waals surface area contributed by atoms with E-state index in [2.05, 4.69) is 0 Å². The van der Waals surface area contributed by atoms with Crippen LogP contribution in [-0.2, 0) is 0 Å². The lowest BCUT2D eigenvalue weighted by Crippen LogP contribution is -2.29. The van der Waals surface area contributed by atoms with Crippen molar-refractivity contribution in [1.82, 2.24) is 4.90 Å². The maximum absolute atomic E-state index is 12.5. The molecular weight excluding hydrogens is 318 g/mol. The van der Waals surface area contributed by atoms with Crippen molar-refractivity contribution < 1.29 is 19.1 Å². The third kappa shape index (κ3) is 3.99. The highest BCUT2D eigenvalue weighted by molar-refractivity contribution is 5.94. The number of carbonyl (C=O) groups is 2. The predicted molar refractivity (Wildman–Crippen MR) is 94.3 cm³/mol. The average molecular weight is 339 g/mol. The second-order valence-electron chi connectivity index (χ2n) is 6.11. The van der Waals surface area contributed by atoms with Crippen molar-refractivity contribution in [3.05, 3.63) is 59.7 Å². The zero-order valence-corrected chi connectivity index (χ0v) is 14.2. The number of hydrogen-bond donors (Lipinski definition) is 0. The van der Waals surface area contributed by atoms with Crippen molar-refractivity contribution in [3.8, 4) is 11.5 Å². The van der Waals surface area contributed by atoms with E-state index in [0.717, 1.165) is 19.3 Å². The van der Waals surface area contributed by atoms with Crippen LogP contribution in [0.1, 0.15) is 27.1 Å². The molecule has 3 rings (SSSR count). The van der Waals surface area contributed by atoms with E-state index in [1.54, 1.807) is 25.3 Å². The smallest absolute Gasteiger partial charge is 0.253 e. The molecule has 1 aliphatic heterocycles. The number of likely N-dealkylation sites (tertiary alicyclic amines) is 1. The van der Waals surface area contributed by atoms with Crippen LogP contribution in [0.2, 0.25) is 0 Å². The Hall–Kier alpha value is -2.82. The van der Waals surface area contributed by atoms with Crippen LogP contribution in [-0.4, -0.2) is 43.9 Å². The van der Waals surface area contributed by atoms with Crippen molar-refractivity contribution in [2.45, 2.75) is 6.42 Å². The van der Waals surface area contributed by atoms with Crippen LogP contribution in [0, 0.1) is 5.92 Å². The third-order valence-electron chi connectivity index (χ3n) is 4.39. The molecule has 0 bridgehead atoms. The monoisotopic (exact) mass is 339 g/mol. The van der Waals surface area contributed by atoms with Crippen LogP contribution in [0.15, 0.2) is 48.5 Å². The second-order valence-corrected chi connectivity index (χ2v) is 6.11. The van der Waals surface area contributed by atoms with E-state index in [0.29, 0.717) is 35.8 Å². The molecule has 0 unspecified atom stereocenters. The molecule has 0 saturated carbocycles.